The number of pyridine rings is 1. The minimum atomic E-state index is -0.0163. The fourth-order valence-electron chi connectivity index (χ4n) is 6.91. The molecular weight excluding hydrogens is 784 g/mol. The zero-order chi connectivity index (χ0) is 32.4. The van der Waals surface area contributed by atoms with Crippen molar-refractivity contribution in [1.82, 2.24) is 14.1 Å². The van der Waals surface area contributed by atoms with E-state index in [4.69, 9.17) is 9.40 Å². The first-order chi connectivity index (χ1) is 23.4. The van der Waals surface area contributed by atoms with Gasteiger partial charge in [-0.1, -0.05) is 87.0 Å². The molecule has 9 rings (SSSR count). The smallest absolute Gasteiger partial charge is 0.268 e. The molecular formula is C43H32N4OPt-2. The molecule has 5 nitrogen and oxygen atoms in total. The summed E-state index contributed by atoms with van der Waals surface area (Å²) in [4.78, 5) is 4.82. The largest absolute Gasteiger partial charge is 0.464 e. The minimum Gasteiger partial charge on any atom is -0.464 e. The van der Waals surface area contributed by atoms with Crippen molar-refractivity contribution in [3.05, 3.63) is 163 Å². The molecule has 0 aliphatic heterocycles. The maximum Gasteiger partial charge on any atom is 0.268 e. The Morgan fingerprint density at radius 2 is 1.53 bits per heavy atom. The van der Waals surface area contributed by atoms with Crippen molar-refractivity contribution in [2.75, 3.05) is 0 Å². The van der Waals surface area contributed by atoms with Gasteiger partial charge < -0.3 is 13.6 Å². The van der Waals surface area contributed by atoms with E-state index in [0.717, 1.165) is 66.7 Å². The van der Waals surface area contributed by atoms with Crippen LogP contribution in [-0.4, -0.2) is 14.1 Å². The average molecular weight is 816 g/mol. The molecule has 4 heterocycles. The Morgan fingerprint density at radius 3 is 2.41 bits per heavy atom. The van der Waals surface area contributed by atoms with Crippen molar-refractivity contribution in [1.29, 1.82) is 0 Å². The van der Waals surface area contributed by atoms with Gasteiger partial charge in [-0.2, -0.15) is 53.6 Å². The van der Waals surface area contributed by atoms with Crippen LogP contribution in [0.3, 0.4) is 0 Å². The number of nitrogens with zero attached hydrogens (tertiary/aromatic N) is 4. The van der Waals surface area contributed by atoms with Crippen molar-refractivity contribution < 1.29 is 30.0 Å². The molecule has 4 aromatic heterocycles. The maximum atomic E-state index is 5.73. The summed E-state index contributed by atoms with van der Waals surface area (Å²) < 4.78 is 12.2. The van der Waals surface area contributed by atoms with E-state index in [2.05, 4.69) is 156 Å². The Labute approximate surface area is 299 Å². The molecule has 0 saturated carbocycles. The molecule has 49 heavy (non-hydrogen) atoms. The van der Waals surface area contributed by atoms with Gasteiger partial charge in [-0.15, -0.1) is 5.39 Å². The van der Waals surface area contributed by atoms with Crippen LogP contribution in [0.5, 0.6) is 0 Å². The summed E-state index contributed by atoms with van der Waals surface area (Å²) in [5.74, 6) is 0.807. The number of rotatable bonds is 5. The zero-order valence-electron chi connectivity index (χ0n) is 27.3. The molecule has 0 radical (unpaired) electrons. The van der Waals surface area contributed by atoms with Gasteiger partial charge in [0.25, 0.3) is 6.33 Å². The van der Waals surface area contributed by atoms with Gasteiger partial charge in [0.05, 0.1) is 23.0 Å². The van der Waals surface area contributed by atoms with Crippen molar-refractivity contribution >= 4 is 43.8 Å². The standard InChI is InChI=1S/C43H32N4O.Pt/c1-43(2,3)35-14-5-7-16-37(35)46-28-45(38-17-8-9-18-39(38)46)32-12-10-11-29(24-32)23-30-19-20-34-33-13-4-6-15-36(33)47(40(34)25-30)42-26-41-31(27-44-42)21-22-48-41;/h4-22,26-27H,23H2,1-3H3;/q-2;. The van der Waals surface area contributed by atoms with E-state index < -0.39 is 0 Å². The van der Waals surface area contributed by atoms with Crippen LogP contribution in [-0.2, 0) is 32.9 Å². The van der Waals surface area contributed by atoms with Gasteiger partial charge >= 0.3 is 0 Å². The molecule has 0 spiro atoms. The first-order valence-corrected chi connectivity index (χ1v) is 16.3. The van der Waals surface area contributed by atoms with Gasteiger partial charge in [-0.05, 0) is 46.7 Å². The van der Waals surface area contributed by atoms with Crippen LogP contribution in [0.2, 0.25) is 0 Å². The average Bonchev–Trinajstić information content (AvgIpc) is 3.82. The van der Waals surface area contributed by atoms with Crippen LogP contribution in [0, 0.1) is 18.5 Å². The fraction of sp³-hybridized carbons (Fsp3) is 0.116. The molecule has 6 heteroatoms. The van der Waals surface area contributed by atoms with Gasteiger partial charge in [0.2, 0.25) is 0 Å². The molecule has 0 amide bonds. The Kier molecular flexibility index (Phi) is 7.61. The normalized spacial score (nSPS) is 11.9. The number of hydrogen-bond donors (Lipinski definition) is 0. The molecule has 5 aromatic carbocycles. The molecule has 0 bridgehead atoms. The molecule has 0 fully saturated rings. The van der Waals surface area contributed by atoms with Gasteiger partial charge in [0.1, 0.15) is 11.4 Å². The molecule has 9 aromatic rings. The summed E-state index contributed by atoms with van der Waals surface area (Å²) >= 11 is 0. The van der Waals surface area contributed by atoms with Crippen molar-refractivity contribution in [2.24, 2.45) is 0 Å². The maximum absolute atomic E-state index is 5.73. The van der Waals surface area contributed by atoms with Crippen LogP contribution in [0.15, 0.2) is 132 Å². The predicted octanol–water partition coefficient (Wildman–Crippen LogP) is 9.43. The second-order valence-electron chi connectivity index (χ2n) is 13.4. The predicted molar refractivity (Wildman–Crippen MR) is 191 cm³/mol. The van der Waals surface area contributed by atoms with Crippen LogP contribution in [0.4, 0.5) is 0 Å². The second kappa shape index (κ2) is 12.0. The molecule has 242 valence electrons. The topological polar surface area (TPSA) is 39.8 Å². The number of furan rings is 1. The minimum absolute atomic E-state index is 0. The SMILES string of the molecule is CC(C)(C)c1ccccc1-[n+]1[c-]n(-c2[c-]c(Cc3[c-]c4c(cc3)c3ccccc3n4-c3cc4occc4cn3)ccc2)c2ccccc21.[Pt]. The number of benzene rings is 5. The van der Waals surface area contributed by atoms with E-state index in [9.17, 15) is 0 Å². The summed E-state index contributed by atoms with van der Waals surface area (Å²) in [7, 11) is 0. The van der Waals surface area contributed by atoms with Gasteiger partial charge in [0, 0.05) is 44.2 Å². The second-order valence-corrected chi connectivity index (χ2v) is 13.4. The summed E-state index contributed by atoms with van der Waals surface area (Å²) in [6.45, 7) is 6.76. The van der Waals surface area contributed by atoms with E-state index in [-0.39, 0.29) is 26.5 Å². The third-order valence-electron chi connectivity index (χ3n) is 9.17. The number of para-hydroxylation sites is 4. The van der Waals surface area contributed by atoms with Crippen LogP contribution >= 0.6 is 0 Å². The Hall–Kier alpha value is -5.25. The third-order valence-corrected chi connectivity index (χ3v) is 9.17. The molecule has 0 saturated heterocycles. The van der Waals surface area contributed by atoms with Crippen LogP contribution in [0.25, 0.3) is 61.0 Å². The quantitative estimate of drug-likeness (QED) is 0.128. The molecule has 0 aliphatic carbocycles. The van der Waals surface area contributed by atoms with Gasteiger partial charge in [0.15, 0.2) is 0 Å². The number of fused-ring (bicyclic) bond motifs is 5. The number of hydrogen-bond acceptors (Lipinski definition) is 2. The Morgan fingerprint density at radius 1 is 0.755 bits per heavy atom. The van der Waals surface area contributed by atoms with Crippen LogP contribution in [0.1, 0.15) is 37.5 Å². The van der Waals surface area contributed by atoms with E-state index in [1.54, 1.807) is 6.26 Å². The summed E-state index contributed by atoms with van der Waals surface area (Å²) in [5.41, 5.74) is 10.6. The first-order valence-electron chi connectivity index (χ1n) is 16.3. The van der Waals surface area contributed by atoms with Gasteiger partial charge in [-0.25, -0.2) is 4.98 Å². The summed E-state index contributed by atoms with van der Waals surface area (Å²) in [6, 6.07) is 47.7. The third kappa shape index (κ3) is 5.30. The Bertz CT molecular complexity index is 2650. The van der Waals surface area contributed by atoms with Crippen molar-refractivity contribution in [3.63, 3.8) is 0 Å². The van der Waals surface area contributed by atoms with E-state index >= 15 is 0 Å². The van der Waals surface area contributed by atoms with E-state index in [1.165, 1.54) is 10.9 Å². The van der Waals surface area contributed by atoms with E-state index in [0.29, 0.717) is 6.42 Å². The zero-order valence-corrected chi connectivity index (χ0v) is 29.6. The summed E-state index contributed by atoms with van der Waals surface area (Å²) in [6.07, 6.45) is 7.93. The molecule has 0 unspecified atom stereocenters. The van der Waals surface area contributed by atoms with Crippen molar-refractivity contribution in [3.8, 4) is 17.2 Å². The molecule has 0 aliphatic rings. The molecule has 0 N–H and O–H groups in total. The fourth-order valence-corrected chi connectivity index (χ4v) is 6.91. The number of imidazole rings is 1. The van der Waals surface area contributed by atoms with E-state index in [1.807, 2.05) is 18.3 Å². The van der Waals surface area contributed by atoms with Gasteiger partial charge in [-0.3, -0.25) is 4.57 Å². The van der Waals surface area contributed by atoms with Crippen LogP contribution < -0.4 is 4.57 Å². The summed E-state index contributed by atoms with van der Waals surface area (Å²) in [5, 5.41) is 3.29. The monoisotopic (exact) mass is 815 g/mol. The first kappa shape index (κ1) is 31.0. The van der Waals surface area contributed by atoms with Crippen molar-refractivity contribution in [2.45, 2.75) is 32.6 Å². The number of aromatic nitrogens is 4. The molecule has 0 atom stereocenters. The Balaban J connectivity index is 0.00000348.